The Morgan fingerprint density at radius 3 is 3.10 bits per heavy atom. The van der Waals surface area contributed by atoms with Crippen molar-refractivity contribution in [3.63, 3.8) is 0 Å². The third-order valence-electron chi connectivity index (χ3n) is 1.42. The number of nitrogens with two attached hydrogens (primary N) is 1. The first-order chi connectivity index (χ1) is 4.84. The quantitative estimate of drug-likeness (QED) is 0.420. The maximum atomic E-state index is 5.53. The lowest BCUT2D eigenvalue weighted by Gasteiger charge is -2.04. The number of allylic oxidation sites excluding steroid dienone is 1. The molecule has 0 radical (unpaired) electrons. The summed E-state index contributed by atoms with van der Waals surface area (Å²) >= 11 is 0. The third kappa shape index (κ3) is 1.43. The highest BCUT2D eigenvalue weighted by atomic mass is 14.9. The van der Waals surface area contributed by atoms with Gasteiger partial charge in [0.2, 0.25) is 0 Å². The molecule has 2 N–H and O–H groups in total. The van der Waals surface area contributed by atoms with Crippen LogP contribution in [0.15, 0.2) is 22.3 Å². The van der Waals surface area contributed by atoms with Gasteiger partial charge in [-0.25, -0.2) is 0 Å². The van der Waals surface area contributed by atoms with Crippen molar-refractivity contribution < 1.29 is 0 Å². The van der Waals surface area contributed by atoms with E-state index in [4.69, 9.17) is 5.73 Å². The van der Waals surface area contributed by atoms with Gasteiger partial charge in [0.05, 0.1) is 5.71 Å². The molecule has 0 amide bonds. The Morgan fingerprint density at radius 2 is 2.60 bits per heavy atom. The molecule has 0 saturated carbocycles. The molecule has 0 aliphatic carbocycles. The van der Waals surface area contributed by atoms with E-state index in [0.29, 0.717) is 5.84 Å². The van der Waals surface area contributed by atoms with E-state index < -0.39 is 0 Å². The Bertz CT molecular complexity index is 201. The van der Waals surface area contributed by atoms with E-state index in [1.54, 1.807) is 13.2 Å². The second-order valence-electron chi connectivity index (χ2n) is 2.11. The molecule has 1 aliphatic heterocycles. The summed E-state index contributed by atoms with van der Waals surface area (Å²) in [7, 11) is 1.68. The standard InChI is InChI=1S/C7H11N3/c1-9-7(8)6-4-2-3-5-10-6/h3,5H,2,4H2,1H3,(H2,8,9). The third-order valence-corrected chi connectivity index (χ3v) is 1.42. The highest BCUT2D eigenvalue weighted by molar-refractivity contribution is 6.41. The molecule has 10 heavy (non-hydrogen) atoms. The largest absolute Gasteiger partial charge is 0.382 e. The van der Waals surface area contributed by atoms with E-state index in [1.807, 2.05) is 6.08 Å². The summed E-state index contributed by atoms with van der Waals surface area (Å²) < 4.78 is 0. The van der Waals surface area contributed by atoms with E-state index in [1.165, 1.54) is 0 Å². The van der Waals surface area contributed by atoms with Crippen molar-refractivity contribution in [2.24, 2.45) is 15.7 Å². The van der Waals surface area contributed by atoms with E-state index >= 15 is 0 Å². The van der Waals surface area contributed by atoms with Crippen LogP contribution in [-0.4, -0.2) is 18.6 Å². The lowest BCUT2D eigenvalue weighted by molar-refractivity contribution is 1.07. The Balaban J connectivity index is 2.72. The molecule has 0 aromatic carbocycles. The minimum atomic E-state index is 0.560. The van der Waals surface area contributed by atoms with E-state index in [-0.39, 0.29) is 0 Å². The zero-order chi connectivity index (χ0) is 7.40. The molecule has 0 aromatic rings. The van der Waals surface area contributed by atoms with E-state index in [9.17, 15) is 0 Å². The van der Waals surface area contributed by atoms with Crippen molar-refractivity contribution >= 4 is 11.5 Å². The molecule has 1 rings (SSSR count). The summed E-state index contributed by atoms with van der Waals surface area (Å²) in [6.45, 7) is 0. The van der Waals surface area contributed by atoms with Gasteiger partial charge in [-0.3, -0.25) is 9.98 Å². The van der Waals surface area contributed by atoms with Gasteiger partial charge < -0.3 is 5.73 Å². The molecule has 1 aliphatic rings. The van der Waals surface area contributed by atoms with Crippen LogP contribution in [0.25, 0.3) is 0 Å². The highest BCUT2D eigenvalue weighted by Gasteiger charge is 2.03. The number of hydrogen-bond acceptors (Lipinski definition) is 2. The van der Waals surface area contributed by atoms with Crippen molar-refractivity contribution in [2.75, 3.05) is 7.05 Å². The molecule has 0 spiro atoms. The average molecular weight is 137 g/mol. The predicted octanol–water partition coefficient (Wildman–Crippen LogP) is 0.722. The van der Waals surface area contributed by atoms with Crippen LogP contribution in [0.2, 0.25) is 0 Å². The fraction of sp³-hybridized carbons (Fsp3) is 0.429. The van der Waals surface area contributed by atoms with Gasteiger partial charge in [0, 0.05) is 13.2 Å². The zero-order valence-corrected chi connectivity index (χ0v) is 6.04. The fourth-order valence-electron chi connectivity index (χ4n) is 0.825. The van der Waals surface area contributed by atoms with Gasteiger partial charge in [-0.1, -0.05) is 6.08 Å². The number of nitrogens with zero attached hydrogens (tertiary/aromatic N) is 2. The van der Waals surface area contributed by atoms with Gasteiger partial charge in [-0.05, 0) is 12.8 Å². The van der Waals surface area contributed by atoms with Gasteiger partial charge in [0.25, 0.3) is 0 Å². The molecule has 0 bridgehead atoms. The molecular weight excluding hydrogens is 126 g/mol. The van der Waals surface area contributed by atoms with Crippen molar-refractivity contribution in [1.82, 2.24) is 0 Å². The van der Waals surface area contributed by atoms with Gasteiger partial charge in [0.15, 0.2) is 0 Å². The Kier molecular flexibility index (Phi) is 2.20. The Hall–Kier alpha value is -1.12. The molecule has 0 atom stereocenters. The monoisotopic (exact) mass is 137 g/mol. The van der Waals surface area contributed by atoms with Gasteiger partial charge in [-0.2, -0.15) is 0 Å². The number of amidine groups is 1. The maximum Gasteiger partial charge on any atom is 0.140 e. The summed E-state index contributed by atoms with van der Waals surface area (Å²) in [6.07, 6.45) is 5.73. The topological polar surface area (TPSA) is 50.7 Å². The fourth-order valence-corrected chi connectivity index (χ4v) is 0.825. The van der Waals surface area contributed by atoms with Crippen molar-refractivity contribution in [2.45, 2.75) is 12.8 Å². The molecule has 0 aromatic heterocycles. The van der Waals surface area contributed by atoms with Crippen LogP contribution in [0.5, 0.6) is 0 Å². The Morgan fingerprint density at radius 1 is 1.80 bits per heavy atom. The predicted molar refractivity (Wildman–Crippen MR) is 43.4 cm³/mol. The molecule has 0 fully saturated rings. The maximum absolute atomic E-state index is 5.53. The van der Waals surface area contributed by atoms with E-state index in [2.05, 4.69) is 9.98 Å². The second-order valence-corrected chi connectivity index (χ2v) is 2.11. The van der Waals surface area contributed by atoms with Gasteiger partial charge in [-0.15, -0.1) is 0 Å². The molecule has 0 unspecified atom stereocenters. The van der Waals surface area contributed by atoms with Crippen LogP contribution < -0.4 is 5.73 Å². The number of rotatable bonds is 1. The van der Waals surface area contributed by atoms with Crippen LogP contribution in [0.4, 0.5) is 0 Å². The summed E-state index contributed by atoms with van der Waals surface area (Å²) in [5.74, 6) is 0.560. The lowest BCUT2D eigenvalue weighted by atomic mass is 10.1. The first-order valence-electron chi connectivity index (χ1n) is 3.29. The molecule has 54 valence electrons. The summed E-state index contributed by atoms with van der Waals surface area (Å²) in [6, 6.07) is 0. The van der Waals surface area contributed by atoms with Gasteiger partial charge >= 0.3 is 0 Å². The normalized spacial score (nSPS) is 18.9. The van der Waals surface area contributed by atoms with Crippen LogP contribution in [-0.2, 0) is 0 Å². The van der Waals surface area contributed by atoms with Crippen molar-refractivity contribution in [3.05, 3.63) is 12.3 Å². The van der Waals surface area contributed by atoms with E-state index in [0.717, 1.165) is 18.6 Å². The molecule has 3 nitrogen and oxygen atoms in total. The van der Waals surface area contributed by atoms with Crippen LogP contribution in [0, 0.1) is 0 Å². The van der Waals surface area contributed by atoms with Crippen molar-refractivity contribution in [1.29, 1.82) is 0 Å². The minimum Gasteiger partial charge on any atom is -0.382 e. The number of hydrogen-bond donors (Lipinski definition) is 1. The molecule has 3 heteroatoms. The smallest absolute Gasteiger partial charge is 0.140 e. The van der Waals surface area contributed by atoms with Crippen LogP contribution in [0.3, 0.4) is 0 Å². The molecular formula is C7H11N3. The number of aliphatic imine (C=N–C) groups is 2. The molecule has 1 heterocycles. The summed E-state index contributed by atoms with van der Waals surface area (Å²) in [5, 5.41) is 0. The Labute approximate surface area is 60.4 Å². The minimum absolute atomic E-state index is 0.560. The summed E-state index contributed by atoms with van der Waals surface area (Å²) in [4.78, 5) is 7.92. The van der Waals surface area contributed by atoms with Crippen LogP contribution in [0.1, 0.15) is 12.8 Å². The summed E-state index contributed by atoms with van der Waals surface area (Å²) in [5.41, 5.74) is 6.44. The first kappa shape index (κ1) is 6.99. The zero-order valence-electron chi connectivity index (χ0n) is 6.04. The SMILES string of the molecule is CN=C(N)C1=NC=CCC1. The lowest BCUT2D eigenvalue weighted by Crippen LogP contribution is -2.24. The molecule has 0 saturated heterocycles. The average Bonchev–Trinajstić information content (AvgIpc) is 2.05. The first-order valence-corrected chi connectivity index (χ1v) is 3.29. The highest BCUT2D eigenvalue weighted by Crippen LogP contribution is 2.01. The van der Waals surface area contributed by atoms with Crippen molar-refractivity contribution in [3.8, 4) is 0 Å². The van der Waals surface area contributed by atoms with Crippen LogP contribution >= 0.6 is 0 Å². The second kappa shape index (κ2) is 3.15. The van der Waals surface area contributed by atoms with Gasteiger partial charge in [0.1, 0.15) is 5.84 Å².